The molecule has 0 fully saturated rings. The smallest absolute Gasteiger partial charge is 0.223 e. The molecular weight excluding hydrogens is 224 g/mol. The van der Waals surface area contributed by atoms with Crippen molar-refractivity contribution in [3.05, 3.63) is 35.4 Å². The maximum atomic E-state index is 11.7. The molecule has 0 aliphatic carbocycles. The molecule has 0 bridgehead atoms. The number of hydrogen-bond donors (Lipinski definition) is 0. The van der Waals surface area contributed by atoms with E-state index in [-0.39, 0.29) is 12.3 Å². The first-order valence-corrected chi connectivity index (χ1v) is 6.24. The number of nitriles is 1. The summed E-state index contributed by atoms with van der Waals surface area (Å²) in [6.07, 6.45) is 0.590. The third kappa shape index (κ3) is 4.21. The summed E-state index contributed by atoms with van der Waals surface area (Å²) in [6, 6.07) is 10.3. The largest absolute Gasteiger partial charge is 0.341 e. The molecule has 18 heavy (non-hydrogen) atoms. The first-order chi connectivity index (χ1) is 8.54. The Balaban J connectivity index is 2.57. The normalized spacial score (nSPS) is 10.2. The predicted octanol–water partition coefficient (Wildman–Crippen LogP) is 3.07. The summed E-state index contributed by atoms with van der Waals surface area (Å²) in [7, 11) is 1.77. The summed E-state index contributed by atoms with van der Waals surface area (Å²) in [5.41, 5.74) is 2.42. The van der Waals surface area contributed by atoms with E-state index in [2.05, 4.69) is 38.1 Å². The average molecular weight is 244 g/mol. The SMILES string of the molecule is CC(C)c1ccc(CN(C)C(=O)CCC#N)cc1. The first kappa shape index (κ1) is 14.2. The fraction of sp³-hybridized carbons (Fsp3) is 0.467. The van der Waals surface area contributed by atoms with E-state index in [1.807, 2.05) is 6.07 Å². The van der Waals surface area contributed by atoms with Gasteiger partial charge in [-0.15, -0.1) is 0 Å². The molecule has 0 N–H and O–H groups in total. The molecule has 0 spiro atoms. The van der Waals surface area contributed by atoms with Crippen molar-refractivity contribution in [3.63, 3.8) is 0 Å². The lowest BCUT2D eigenvalue weighted by Gasteiger charge is -2.17. The van der Waals surface area contributed by atoms with Gasteiger partial charge in [0.1, 0.15) is 0 Å². The Morgan fingerprint density at radius 3 is 2.44 bits per heavy atom. The molecule has 0 radical (unpaired) electrons. The Kier molecular flexibility index (Phi) is 5.38. The molecule has 0 atom stereocenters. The molecule has 1 amide bonds. The van der Waals surface area contributed by atoms with E-state index < -0.39 is 0 Å². The third-order valence-electron chi connectivity index (χ3n) is 2.94. The lowest BCUT2D eigenvalue weighted by Crippen LogP contribution is -2.25. The van der Waals surface area contributed by atoms with Crippen LogP contribution in [0.1, 0.15) is 43.7 Å². The lowest BCUT2D eigenvalue weighted by atomic mass is 10.0. The number of carbonyl (C=O) groups excluding carboxylic acids is 1. The van der Waals surface area contributed by atoms with E-state index in [9.17, 15) is 4.79 Å². The number of hydrogen-bond acceptors (Lipinski definition) is 2. The fourth-order valence-electron chi connectivity index (χ4n) is 1.72. The Bertz CT molecular complexity index is 429. The van der Waals surface area contributed by atoms with Crippen molar-refractivity contribution >= 4 is 5.91 Å². The highest BCUT2D eigenvalue weighted by Gasteiger charge is 2.08. The zero-order valence-corrected chi connectivity index (χ0v) is 11.3. The minimum absolute atomic E-state index is 0.0180. The average Bonchev–Trinajstić information content (AvgIpc) is 2.36. The monoisotopic (exact) mass is 244 g/mol. The molecule has 0 heterocycles. The van der Waals surface area contributed by atoms with Crippen molar-refractivity contribution in [2.75, 3.05) is 7.05 Å². The molecule has 3 heteroatoms. The van der Waals surface area contributed by atoms with Gasteiger partial charge in [0.2, 0.25) is 5.91 Å². The van der Waals surface area contributed by atoms with Crippen LogP contribution in [0.15, 0.2) is 24.3 Å². The van der Waals surface area contributed by atoms with Crippen molar-refractivity contribution < 1.29 is 4.79 Å². The molecule has 1 aromatic rings. The van der Waals surface area contributed by atoms with Crippen LogP contribution in [0.2, 0.25) is 0 Å². The summed E-state index contributed by atoms with van der Waals surface area (Å²) >= 11 is 0. The van der Waals surface area contributed by atoms with Gasteiger partial charge in [-0.2, -0.15) is 5.26 Å². The first-order valence-electron chi connectivity index (χ1n) is 6.24. The zero-order chi connectivity index (χ0) is 13.5. The fourth-order valence-corrected chi connectivity index (χ4v) is 1.72. The Hall–Kier alpha value is -1.82. The van der Waals surface area contributed by atoms with Gasteiger partial charge in [-0.3, -0.25) is 4.79 Å². The second-order valence-electron chi connectivity index (χ2n) is 4.80. The third-order valence-corrected chi connectivity index (χ3v) is 2.94. The summed E-state index contributed by atoms with van der Waals surface area (Å²) < 4.78 is 0. The van der Waals surface area contributed by atoms with Crippen LogP contribution >= 0.6 is 0 Å². The summed E-state index contributed by atoms with van der Waals surface area (Å²) in [5.74, 6) is 0.540. The molecular formula is C15H20N2O. The van der Waals surface area contributed by atoms with Gasteiger partial charge in [-0.05, 0) is 17.0 Å². The van der Waals surface area contributed by atoms with Gasteiger partial charge in [-0.25, -0.2) is 0 Å². The molecule has 1 aromatic carbocycles. The van der Waals surface area contributed by atoms with E-state index in [1.54, 1.807) is 11.9 Å². The summed E-state index contributed by atoms with van der Waals surface area (Å²) in [6.45, 7) is 4.92. The molecule has 0 aromatic heterocycles. The van der Waals surface area contributed by atoms with Crippen LogP contribution < -0.4 is 0 Å². The molecule has 0 aliphatic rings. The van der Waals surface area contributed by atoms with Crippen LogP contribution in [0.5, 0.6) is 0 Å². The highest BCUT2D eigenvalue weighted by Crippen LogP contribution is 2.15. The minimum atomic E-state index is 0.0180. The van der Waals surface area contributed by atoms with Gasteiger partial charge < -0.3 is 4.90 Å². The molecule has 1 rings (SSSR count). The van der Waals surface area contributed by atoms with E-state index in [1.165, 1.54) is 5.56 Å². The summed E-state index contributed by atoms with van der Waals surface area (Å²) in [5, 5.41) is 8.45. The number of carbonyl (C=O) groups is 1. The van der Waals surface area contributed by atoms with Gasteiger partial charge in [0.15, 0.2) is 0 Å². The van der Waals surface area contributed by atoms with E-state index in [0.29, 0.717) is 18.9 Å². The number of nitrogens with zero attached hydrogens (tertiary/aromatic N) is 2. The predicted molar refractivity (Wildman–Crippen MR) is 71.9 cm³/mol. The Labute approximate surface area is 109 Å². The van der Waals surface area contributed by atoms with E-state index in [4.69, 9.17) is 5.26 Å². The maximum absolute atomic E-state index is 11.7. The van der Waals surface area contributed by atoms with Crippen LogP contribution in [-0.2, 0) is 11.3 Å². The second-order valence-corrected chi connectivity index (χ2v) is 4.80. The second kappa shape index (κ2) is 6.80. The van der Waals surface area contributed by atoms with Crippen molar-refractivity contribution in [1.82, 2.24) is 4.90 Å². The molecule has 0 saturated carbocycles. The summed E-state index contributed by atoms with van der Waals surface area (Å²) in [4.78, 5) is 13.3. The van der Waals surface area contributed by atoms with Gasteiger partial charge >= 0.3 is 0 Å². The highest BCUT2D eigenvalue weighted by atomic mass is 16.2. The van der Waals surface area contributed by atoms with Crippen LogP contribution in [0, 0.1) is 11.3 Å². The molecule has 96 valence electrons. The van der Waals surface area contributed by atoms with Crippen LogP contribution in [0.3, 0.4) is 0 Å². The van der Waals surface area contributed by atoms with Crippen molar-refractivity contribution in [1.29, 1.82) is 5.26 Å². The molecule has 0 saturated heterocycles. The van der Waals surface area contributed by atoms with Gasteiger partial charge in [0, 0.05) is 26.4 Å². The molecule has 3 nitrogen and oxygen atoms in total. The molecule has 0 aliphatic heterocycles. The Morgan fingerprint density at radius 2 is 1.94 bits per heavy atom. The van der Waals surface area contributed by atoms with Crippen molar-refractivity contribution in [2.45, 2.75) is 39.2 Å². The van der Waals surface area contributed by atoms with Crippen LogP contribution in [-0.4, -0.2) is 17.9 Å². The van der Waals surface area contributed by atoms with Gasteiger partial charge in [0.25, 0.3) is 0 Å². The number of rotatable bonds is 5. The highest BCUT2D eigenvalue weighted by molar-refractivity contribution is 5.76. The van der Waals surface area contributed by atoms with E-state index in [0.717, 1.165) is 5.56 Å². The van der Waals surface area contributed by atoms with E-state index >= 15 is 0 Å². The quantitative estimate of drug-likeness (QED) is 0.799. The molecule has 0 unspecified atom stereocenters. The standard InChI is InChI=1S/C15H20N2O/c1-12(2)14-8-6-13(7-9-14)11-17(3)15(18)5-4-10-16/h6-9,12H,4-5,11H2,1-3H3. The van der Waals surface area contributed by atoms with Crippen molar-refractivity contribution in [2.24, 2.45) is 0 Å². The Morgan fingerprint density at radius 1 is 1.33 bits per heavy atom. The topological polar surface area (TPSA) is 44.1 Å². The van der Waals surface area contributed by atoms with Crippen LogP contribution in [0.25, 0.3) is 0 Å². The van der Waals surface area contributed by atoms with Crippen molar-refractivity contribution in [3.8, 4) is 6.07 Å². The van der Waals surface area contributed by atoms with Gasteiger partial charge in [0.05, 0.1) is 6.07 Å². The maximum Gasteiger partial charge on any atom is 0.223 e. The number of amides is 1. The number of benzene rings is 1. The minimum Gasteiger partial charge on any atom is -0.341 e. The van der Waals surface area contributed by atoms with Crippen LogP contribution in [0.4, 0.5) is 0 Å². The lowest BCUT2D eigenvalue weighted by molar-refractivity contribution is -0.130. The van der Waals surface area contributed by atoms with Gasteiger partial charge in [-0.1, -0.05) is 38.1 Å². The zero-order valence-electron chi connectivity index (χ0n) is 11.3.